The highest BCUT2D eigenvalue weighted by Crippen LogP contribution is 2.21. The standard InChI is InChI=1S/C18H27N3O3S/c22-18(20-16-8-6-10-19-14-16)15-7-5-9-17(13-15)25(23,24)21-11-3-1-2-4-12-21/h5,7,9,13,16,19H,1-4,6,8,10-12,14H2,(H,20,22)/t16-/m0/s1. The minimum absolute atomic E-state index is 0.104. The van der Waals surface area contributed by atoms with Gasteiger partial charge in [-0.3, -0.25) is 4.79 Å². The molecule has 2 saturated heterocycles. The van der Waals surface area contributed by atoms with E-state index in [0.717, 1.165) is 51.6 Å². The van der Waals surface area contributed by atoms with Gasteiger partial charge in [0.15, 0.2) is 0 Å². The Labute approximate surface area is 150 Å². The van der Waals surface area contributed by atoms with Crippen molar-refractivity contribution in [3.8, 4) is 0 Å². The third kappa shape index (κ3) is 4.59. The molecule has 0 aromatic heterocycles. The smallest absolute Gasteiger partial charge is 0.251 e. The van der Waals surface area contributed by atoms with Gasteiger partial charge in [-0.05, 0) is 50.4 Å². The third-order valence-electron chi connectivity index (χ3n) is 4.93. The lowest BCUT2D eigenvalue weighted by Gasteiger charge is -2.24. The fourth-order valence-corrected chi connectivity index (χ4v) is 5.04. The lowest BCUT2D eigenvalue weighted by molar-refractivity contribution is 0.0930. The molecule has 0 aliphatic carbocycles. The first-order valence-electron chi connectivity index (χ1n) is 9.19. The Morgan fingerprint density at radius 2 is 1.88 bits per heavy atom. The van der Waals surface area contributed by atoms with E-state index in [2.05, 4.69) is 10.6 Å². The van der Waals surface area contributed by atoms with Crippen LogP contribution in [0, 0.1) is 0 Å². The second-order valence-electron chi connectivity index (χ2n) is 6.86. The Kier molecular flexibility index (Phi) is 6.09. The molecule has 1 amide bonds. The molecule has 2 aliphatic heterocycles. The highest BCUT2D eigenvalue weighted by molar-refractivity contribution is 7.89. The van der Waals surface area contributed by atoms with Crippen molar-refractivity contribution in [2.24, 2.45) is 0 Å². The van der Waals surface area contributed by atoms with Crippen LogP contribution in [-0.2, 0) is 10.0 Å². The summed E-state index contributed by atoms with van der Waals surface area (Å²) < 4.78 is 27.3. The number of rotatable bonds is 4. The van der Waals surface area contributed by atoms with Crippen LogP contribution in [0.4, 0.5) is 0 Å². The number of piperidine rings is 1. The third-order valence-corrected chi connectivity index (χ3v) is 6.83. The summed E-state index contributed by atoms with van der Waals surface area (Å²) in [6.45, 7) is 2.87. The zero-order chi connectivity index (χ0) is 17.7. The molecule has 0 spiro atoms. The molecule has 0 bridgehead atoms. The SMILES string of the molecule is O=C(N[C@H]1CCCNC1)c1cccc(S(=O)(=O)N2CCCCCC2)c1. The molecule has 2 N–H and O–H groups in total. The van der Waals surface area contributed by atoms with Crippen LogP contribution in [0.1, 0.15) is 48.9 Å². The molecule has 3 rings (SSSR count). The number of nitrogens with zero attached hydrogens (tertiary/aromatic N) is 1. The first kappa shape index (κ1) is 18.4. The minimum Gasteiger partial charge on any atom is -0.348 e. The maximum atomic E-state index is 12.9. The Hall–Kier alpha value is -1.44. The summed E-state index contributed by atoms with van der Waals surface area (Å²) in [4.78, 5) is 12.7. The molecule has 138 valence electrons. The van der Waals surface area contributed by atoms with Crippen LogP contribution in [0.25, 0.3) is 0 Å². The summed E-state index contributed by atoms with van der Waals surface area (Å²) in [7, 11) is -3.53. The van der Waals surface area contributed by atoms with E-state index >= 15 is 0 Å². The molecule has 6 nitrogen and oxygen atoms in total. The van der Waals surface area contributed by atoms with Gasteiger partial charge in [-0.1, -0.05) is 18.9 Å². The van der Waals surface area contributed by atoms with Crippen LogP contribution in [-0.4, -0.2) is 50.9 Å². The lowest BCUT2D eigenvalue weighted by atomic mass is 10.1. The summed E-state index contributed by atoms with van der Waals surface area (Å²) in [5, 5.41) is 6.25. The Morgan fingerprint density at radius 1 is 1.12 bits per heavy atom. The second kappa shape index (κ2) is 8.29. The number of hydrogen-bond donors (Lipinski definition) is 2. The monoisotopic (exact) mass is 365 g/mol. The van der Waals surface area contributed by atoms with Crippen LogP contribution >= 0.6 is 0 Å². The number of nitrogens with one attached hydrogen (secondary N) is 2. The summed E-state index contributed by atoms with van der Waals surface area (Å²) in [6.07, 6.45) is 5.93. The Bertz CT molecular complexity index is 691. The van der Waals surface area contributed by atoms with Gasteiger partial charge in [0.25, 0.3) is 5.91 Å². The molecular formula is C18H27N3O3S. The van der Waals surface area contributed by atoms with Gasteiger partial charge in [0, 0.05) is 31.2 Å². The summed E-state index contributed by atoms with van der Waals surface area (Å²) in [5.74, 6) is -0.207. The maximum absolute atomic E-state index is 12.9. The van der Waals surface area contributed by atoms with Gasteiger partial charge in [0.05, 0.1) is 4.90 Å². The van der Waals surface area contributed by atoms with E-state index in [0.29, 0.717) is 18.7 Å². The molecule has 2 fully saturated rings. The number of hydrogen-bond acceptors (Lipinski definition) is 4. The molecule has 0 unspecified atom stereocenters. The number of benzene rings is 1. The molecule has 7 heteroatoms. The predicted octanol–water partition coefficient (Wildman–Crippen LogP) is 1.73. The van der Waals surface area contributed by atoms with E-state index in [9.17, 15) is 13.2 Å². The highest BCUT2D eigenvalue weighted by atomic mass is 32.2. The first-order chi connectivity index (χ1) is 12.1. The lowest BCUT2D eigenvalue weighted by Crippen LogP contribution is -2.45. The van der Waals surface area contributed by atoms with Crippen molar-refractivity contribution in [1.29, 1.82) is 0 Å². The van der Waals surface area contributed by atoms with Crippen LogP contribution < -0.4 is 10.6 Å². The Morgan fingerprint density at radius 3 is 2.56 bits per heavy atom. The summed E-state index contributed by atoms with van der Waals surface area (Å²) in [6, 6.07) is 6.52. The van der Waals surface area contributed by atoms with Gasteiger partial charge >= 0.3 is 0 Å². The van der Waals surface area contributed by atoms with Gasteiger partial charge in [-0.15, -0.1) is 0 Å². The van der Waals surface area contributed by atoms with Crippen LogP contribution in [0.3, 0.4) is 0 Å². The minimum atomic E-state index is -3.53. The number of amides is 1. The average Bonchev–Trinajstić information content (AvgIpc) is 2.93. The fourth-order valence-electron chi connectivity index (χ4n) is 3.47. The van der Waals surface area contributed by atoms with E-state index in [1.807, 2.05) is 0 Å². The predicted molar refractivity (Wildman–Crippen MR) is 97.0 cm³/mol. The molecule has 1 aromatic rings. The van der Waals surface area contributed by atoms with E-state index in [1.165, 1.54) is 6.07 Å². The second-order valence-corrected chi connectivity index (χ2v) is 8.80. The highest BCUT2D eigenvalue weighted by Gasteiger charge is 2.26. The van der Waals surface area contributed by atoms with E-state index in [-0.39, 0.29) is 16.8 Å². The van der Waals surface area contributed by atoms with E-state index in [1.54, 1.807) is 22.5 Å². The number of carbonyl (C=O) groups excluding carboxylic acids is 1. The molecular weight excluding hydrogens is 338 g/mol. The van der Waals surface area contributed by atoms with Gasteiger partial charge < -0.3 is 10.6 Å². The average molecular weight is 365 g/mol. The topological polar surface area (TPSA) is 78.5 Å². The van der Waals surface area contributed by atoms with E-state index < -0.39 is 10.0 Å². The van der Waals surface area contributed by atoms with E-state index in [4.69, 9.17) is 0 Å². The molecule has 1 aromatic carbocycles. The van der Waals surface area contributed by atoms with Crippen molar-refractivity contribution in [2.75, 3.05) is 26.2 Å². The molecule has 25 heavy (non-hydrogen) atoms. The normalized spacial score (nSPS) is 23.0. The maximum Gasteiger partial charge on any atom is 0.251 e. The quantitative estimate of drug-likeness (QED) is 0.852. The van der Waals surface area contributed by atoms with Crippen LogP contribution in [0.15, 0.2) is 29.2 Å². The zero-order valence-electron chi connectivity index (χ0n) is 14.5. The van der Waals surface area contributed by atoms with Gasteiger partial charge in [0.1, 0.15) is 0 Å². The molecule has 1 atom stereocenters. The number of carbonyl (C=O) groups is 1. The molecule has 0 saturated carbocycles. The van der Waals surface area contributed by atoms with Crippen molar-refractivity contribution >= 4 is 15.9 Å². The van der Waals surface area contributed by atoms with Gasteiger partial charge in [-0.25, -0.2) is 8.42 Å². The van der Waals surface area contributed by atoms with Crippen molar-refractivity contribution in [3.05, 3.63) is 29.8 Å². The zero-order valence-corrected chi connectivity index (χ0v) is 15.4. The summed E-state index contributed by atoms with van der Waals surface area (Å²) in [5.41, 5.74) is 0.404. The van der Waals surface area contributed by atoms with Crippen LogP contribution in [0.5, 0.6) is 0 Å². The van der Waals surface area contributed by atoms with Crippen molar-refractivity contribution in [1.82, 2.24) is 14.9 Å². The first-order valence-corrected chi connectivity index (χ1v) is 10.6. The number of sulfonamides is 1. The molecule has 2 aliphatic rings. The van der Waals surface area contributed by atoms with Gasteiger partial charge in [-0.2, -0.15) is 4.31 Å². The van der Waals surface area contributed by atoms with Crippen LogP contribution in [0.2, 0.25) is 0 Å². The fraction of sp³-hybridized carbons (Fsp3) is 0.611. The summed E-state index contributed by atoms with van der Waals surface area (Å²) >= 11 is 0. The van der Waals surface area contributed by atoms with Crippen molar-refractivity contribution in [3.63, 3.8) is 0 Å². The Balaban J connectivity index is 1.74. The van der Waals surface area contributed by atoms with Crippen molar-refractivity contribution in [2.45, 2.75) is 49.5 Å². The van der Waals surface area contributed by atoms with Gasteiger partial charge in [0.2, 0.25) is 10.0 Å². The van der Waals surface area contributed by atoms with Crippen molar-refractivity contribution < 1.29 is 13.2 Å². The molecule has 0 radical (unpaired) electrons. The largest absolute Gasteiger partial charge is 0.348 e. The molecule has 2 heterocycles.